The van der Waals surface area contributed by atoms with E-state index in [-0.39, 0.29) is 18.7 Å². The van der Waals surface area contributed by atoms with Crippen molar-refractivity contribution < 1.29 is 57.2 Å². The van der Waals surface area contributed by atoms with Crippen molar-refractivity contribution in [3.05, 3.63) is 48.1 Å². The number of amides is 3. The number of ether oxygens (including phenoxy) is 6. The number of allylic oxidation sites excluding steroid dienone is 3. The summed E-state index contributed by atoms with van der Waals surface area (Å²) in [6.07, 6.45) is 10.5. The van der Waals surface area contributed by atoms with Gasteiger partial charge in [-0.05, 0) is 45.6 Å². The fourth-order valence-electron chi connectivity index (χ4n) is 5.68. The summed E-state index contributed by atoms with van der Waals surface area (Å²) in [6, 6.07) is 0. The highest BCUT2D eigenvalue weighted by molar-refractivity contribution is 5.96. The van der Waals surface area contributed by atoms with E-state index in [2.05, 4.69) is 17.6 Å². The molecule has 0 saturated carbocycles. The second kappa shape index (κ2) is 19.9. The predicted octanol–water partition coefficient (Wildman–Crippen LogP) is 3.82. The Morgan fingerprint density at radius 3 is 2.50 bits per heavy atom. The fraction of sp³-hybridized carbons (Fsp3) is 0.611. The number of unbranched alkanes of at least 4 members (excludes halogenated alkanes) is 4. The molecule has 2 N–H and O–H groups in total. The van der Waals surface area contributed by atoms with Crippen molar-refractivity contribution in [3.63, 3.8) is 0 Å². The molecule has 3 aliphatic rings. The molecule has 50 heavy (non-hydrogen) atoms. The minimum atomic E-state index is -1.78. The smallest absolute Gasteiger partial charge is 0.414 e. The number of alkyl carbamates (subject to hydrolysis) is 1. The fourth-order valence-corrected chi connectivity index (χ4v) is 5.68. The highest BCUT2D eigenvalue weighted by Gasteiger charge is 2.58. The molecule has 0 radical (unpaired) electrons. The summed E-state index contributed by atoms with van der Waals surface area (Å²) >= 11 is 0. The summed E-state index contributed by atoms with van der Waals surface area (Å²) in [7, 11) is 1.27. The van der Waals surface area contributed by atoms with Gasteiger partial charge in [-0.2, -0.15) is 0 Å². The molecule has 0 aliphatic carbocycles. The van der Waals surface area contributed by atoms with Crippen molar-refractivity contribution in [3.8, 4) is 0 Å². The number of nitrogens with one attached hydrogen (secondary N) is 2. The molecule has 0 bridgehead atoms. The number of rotatable bonds is 13. The van der Waals surface area contributed by atoms with Crippen LogP contribution in [-0.4, -0.2) is 91.7 Å². The molecule has 14 nitrogen and oxygen atoms in total. The largest absolute Gasteiger partial charge is 0.465 e. The lowest BCUT2D eigenvalue weighted by atomic mass is 10.0. The number of ketones is 1. The second-order valence-electron chi connectivity index (χ2n) is 12.5. The Hall–Kier alpha value is -4.14. The van der Waals surface area contributed by atoms with E-state index in [1.807, 2.05) is 0 Å². The van der Waals surface area contributed by atoms with Crippen molar-refractivity contribution >= 4 is 35.6 Å². The SMILES string of the molecule is CCCCCCCC(=O)OCCC=CC1OC2C3OC3CCC(C)=CC(=O)NC(OC)(C(C)=O)C=CC=CC(=O)OC2C1OC(=O)NC(C)=O. The number of imide groups is 1. The summed E-state index contributed by atoms with van der Waals surface area (Å²) in [5.74, 6) is -2.78. The molecule has 7 unspecified atom stereocenters. The first-order valence-corrected chi connectivity index (χ1v) is 17.1. The number of esters is 2. The third-order valence-electron chi connectivity index (χ3n) is 8.39. The molecule has 14 heteroatoms. The van der Waals surface area contributed by atoms with Crippen molar-refractivity contribution in [2.45, 2.75) is 128 Å². The lowest BCUT2D eigenvalue weighted by Crippen LogP contribution is -2.53. The van der Waals surface area contributed by atoms with Gasteiger partial charge in [-0.15, -0.1) is 0 Å². The molecular formula is C36H50N2O12. The number of methoxy groups -OCH3 is 1. The molecule has 0 aromatic rings. The van der Waals surface area contributed by atoms with E-state index in [0.29, 0.717) is 31.3 Å². The van der Waals surface area contributed by atoms with Crippen LogP contribution in [0.1, 0.15) is 85.5 Å². The second-order valence-corrected chi connectivity index (χ2v) is 12.5. The van der Waals surface area contributed by atoms with Crippen LogP contribution in [0.3, 0.4) is 0 Å². The highest BCUT2D eigenvalue weighted by atomic mass is 16.7. The Morgan fingerprint density at radius 2 is 1.80 bits per heavy atom. The number of carbonyl (C=O) groups is 6. The van der Waals surface area contributed by atoms with E-state index in [0.717, 1.165) is 45.1 Å². The lowest BCUT2D eigenvalue weighted by molar-refractivity contribution is -0.150. The van der Waals surface area contributed by atoms with Crippen LogP contribution in [0.5, 0.6) is 0 Å². The van der Waals surface area contributed by atoms with Gasteiger partial charge in [-0.1, -0.05) is 62.5 Å². The van der Waals surface area contributed by atoms with E-state index < -0.39 is 65.9 Å². The van der Waals surface area contributed by atoms with Gasteiger partial charge in [0.2, 0.25) is 17.5 Å². The van der Waals surface area contributed by atoms with E-state index >= 15 is 0 Å². The number of carbonyl (C=O) groups excluding carboxylic acids is 6. The highest BCUT2D eigenvalue weighted by Crippen LogP contribution is 2.40. The average molecular weight is 703 g/mol. The number of fused-ring (bicyclic) bond motifs is 3. The van der Waals surface area contributed by atoms with Crippen LogP contribution in [0.4, 0.5) is 4.79 Å². The van der Waals surface area contributed by atoms with Gasteiger partial charge in [0.1, 0.15) is 18.3 Å². The molecule has 2 saturated heterocycles. The maximum atomic E-state index is 13.1. The number of hydrogen-bond donors (Lipinski definition) is 2. The Labute approximate surface area is 292 Å². The van der Waals surface area contributed by atoms with Gasteiger partial charge in [0.15, 0.2) is 18.0 Å². The Balaban J connectivity index is 1.81. The van der Waals surface area contributed by atoms with Gasteiger partial charge >= 0.3 is 18.0 Å². The number of hydrogen-bond acceptors (Lipinski definition) is 12. The van der Waals surface area contributed by atoms with E-state index in [4.69, 9.17) is 28.4 Å². The van der Waals surface area contributed by atoms with Crippen LogP contribution >= 0.6 is 0 Å². The van der Waals surface area contributed by atoms with Gasteiger partial charge < -0.3 is 33.7 Å². The topological polar surface area (TPSA) is 185 Å². The van der Waals surface area contributed by atoms with E-state index in [9.17, 15) is 28.8 Å². The average Bonchev–Trinajstić information content (AvgIpc) is 3.75. The molecule has 0 aromatic heterocycles. The van der Waals surface area contributed by atoms with Crippen LogP contribution in [0.15, 0.2) is 48.1 Å². The zero-order chi connectivity index (χ0) is 36.7. The normalized spacial score (nSPS) is 28.4. The van der Waals surface area contributed by atoms with Gasteiger partial charge in [-0.25, -0.2) is 9.59 Å². The summed E-state index contributed by atoms with van der Waals surface area (Å²) < 4.78 is 34.3. The number of Topliss-reactive ketones (excluding diaryl/α,β-unsaturated/α-hetero) is 1. The van der Waals surface area contributed by atoms with Crippen molar-refractivity contribution in [2.75, 3.05) is 13.7 Å². The predicted molar refractivity (Wildman–Crippen MR) is 179 cm³/mol. The standard InChI is InChI=1S/C36H50N2O12/c1-6-7-8-9-10-16-29(42)46-21-14-12-15-26-32(50-35(44)37-25(4)40)34-33(48-26)31-27(47-31)19-18-23(2)22-28(41)38-36(45-5,24(3)39)20-13-11-17-30(43)49-34/h11-13,15,17,20,22,26-27,31-34H,6-10,14,16,18-19,21H2,1-5H3,(H,38,41)(H,37,40,44). The monoisotopic (exact) mass is 702 g/mol. The summed E-state index contributed by atoms with van der Waals surface area (Å²) in [6.45, 7) is 6.45. The van der Waals surface area contributed by atoms with E-state index in [1.54, 1.807) is 19.1 Å². The minimum Gasteiger partial charge on any atom is -0.465 e. The molecule has 0 spiro atoms. The first-order chi connectivity index (χ1) is 23.9. The van der Waals surface area contributed by atoms with Crippen LogP contribution in [-0.2, 0) is 52.4 Å². The maximum absolute atomic E-state index is 13.1. The van der Waals surface area contributed by atoms with Gasteiger partial charge in [0.25, 0.3) is 0 Å². The van der Waals surface area contributed by atoms with Crippen molar-refractivity contribution in [2.24, 2.45) is 0 Å². The zero-order valence-corrected chi connectivity index (χ0v) is 29.5. The van der Waals surface area contributed by atoms with Crippen LogP contribution < -0.4 is 10.6 Å². The first kappa shape index (κ1) is 40.3. The van der Waals surface area contributed by atoms with Crippen LogP contribution in [0.2, 0.25) is 0 Å². The summed E-state index contributed by atoms with van der Waals surface area (Å²) in [5.41, 5.74) is -1.06. The maximum Gasteiger partial charge on any atom is 0.414 e. The number of epoxide rings is 1. The lowest BCUT2D eigenvalue weighted by Gasteiger charge is -2.27. The molecule has 276 valence electrons. The summed E-state index contributed by atoms with van der Waals surface area (Å²) in [4.78, 5) is 74.6. The van der Waals surface area contributed by atoms with E-state index in [1.165, 1.54) is 38.3 Å². The molecule has 3 heterocycles. The Morgan fingerprint density at radius 1 is 1.04 bits per heavy atom. The minimum absolute atomic E-state index is 0.139. The van der Waals surface area contributed by atoms with Crippen LogP contribution in [0.25, 0.3) is 0 Å². The summed E-state index contributed by atoms with van der Waals surface area (Å²) in [5, 5.41) is 4.63. The quantitative estimate of drug-likeness (QED) is 0.0931. The van der Waals surface area contributed by atoms with Crippen molar-refractivity contribution in [1.29, 1.82) is 0 Å². The third kappa shape index (κ3) is 12.6. The van der Waals surface area contributed by atoms with Gasteiger partial charge in [0.05, 0.1) is 12.7 Å². The molecule has 7 atom stereocenters. The van der Waals surface area contributed by atoms with Gasteiger partial charge in [-0.3, -0.25) is 24.5 Å². The van der Waals surface area contributed by atoms with Gasteiger partial charge in [0, 0.05) is 32.6 Å². The molecule has 3 amide bonds. The molecule has 3 aliphatic heterocycles. The first-order valence-electron chi connectivity index (χ1n) is 17.1. The van der Waals surface area contributed by atoms with Crippen molar-refractivity contribution in [1.82, 2.24) is 10.6 Å². The zero-order valence-electron chi connectivity index (χ0n) is 29.5. The molecule has 3 rings (SSSR count). The Bertz CT molecular complexity index is 1350. The molecule has 2 fully saturated rings. The Kier molecular flexibility index (Phi) is 16.0. The molecule has 0 aromatic carbocycles. The third-order valence-corrected chi connectivity index (χ3v) is 8.39. The van der Waals surface area contributed by atoms with Crippen LogP contribution in [0, 0.1) is 0 Å². The molecular weight excluding hydrogens is 652 g/mol.